The van der Waals surface area contributed by atoms with Gasteiger partial charge in [0.05, 0.1) is 6.20 Å². The van der Waals surface area contributed by atoms with Crippen molar-refractivity contribution in [1.82, 2.24) is 29.9 Å². The summed E-state index contributed by atoms with van der Waals surface area (Å²) in [5.74, 6) is 0. The Morgan fingerprint density at radius 3 is 2.95 bits per heavy atom. The Hall–Kier alpha value is -1.78. The lowest BCUT2D eigenvalue weighted by atomic mass is 10.3. The molecular formula is C10H17N7O2S. The quantitative estimate of drug-likeness (QED) is 0.570. The molecule has 0 aliphatic carbocycles. The highest BCUT2D eigenvalue weighted by Gasteiger charge is 2.22. The first kappa shape index (κ1) is 14.6. The van der Waals surface area contributed by atoms with Crippen molar-refractivity contribution in [3.63, 3.8) is 0 Å². The van der Waals surface area contributed by atoms with Crippen LogP contribution < -0.4 is 10.5 Å². The van der Waals surface area contributed by atoms with Crippen molar-refractivity contribution in [3.8, 4) is 0 Å². The smallest absolute Gasteiger partial charge is 0.260 e. The molecule has 0 radical (unpaired) electrons. The van der Waals surface area contributed by atoms with Crippen LogP contribution in [0, 0.1) is 6.92 Å². The molecule has 0 aliphatic heterocycles. The molecule has 0 atom stereocenters. The Bertz CT molecular complexity index is 647. The fourth-order valence-corrected chi connectivity index (χ4v) is 3.04. The Kier molecular flexibility index (Phi) is 4.47. The highest BCUT2D eigenvalue weighted by atomic mass is 32.2. The highest BCUT2D eigenvalue weighted by molar-refractivity contribution is 7.89. The monoisotopic (exact) mass is 299 g/mol. The summed E-state index contributed by atoms with van der Waals surface area (Å²) in [7, 11) is -3.64. The molecule has 0 saturated carbocycles. The lowest BCUT2D eigenvalue weighted by Crippen LogP contribution is -2.27. The minimum absolute atomic E-state index is 0.0294. The van der Waals surface area contributed by atoms with Gasteiger partial charge in [0.1, 0.15) is 0 Å². The number of aryl methyl sites for hydroxylation is 2. The van der Waals surface area contributed by atoms with Gasteiger partial charge in [-0.15, -0.1) is 5.10 Å². The van der Waals surface area contributed by atoms with Crippen LogP contribution in [-0.4, -0.2) is 40.2 Å². The number of aromatic nitrogens is 5. The van der Waals surface area contributed by atoms with Gasteiger partial charge in [-0.05, 0) is 13.3 Å². The molecule has 0 spiro atoms. The summed E-state index contributed by atoms with van der Waals surface area (Å²) in [5.41, 5.74) is 6.71. The van der Waals surface area contributed by atoms with E-state index in [1.807, 2.05) is 0 Å². The van der Waals surface area contributed by atoms with Gasteiger partial charge in [-0.2, -0.15) is 5.10 Å². The van der Waals surface area contributed by atoms with Gasteiger partial charge in [0, 0.05) is 37.1 Å². The van der Waals surface area contributed by atoms with Gasteiger partial charge < -0.3 is 5.73 Å². The third-order valence-corrected chi connectivity index (χ3v) is 4.25. The van der Waals surface area contributed by atoms with E-state index < -0.39 is 10.0 Å². The summed E-state index contributed by atoms with van der Waals surface area (Å²) in [4.78, 5) is 0. The molecule has 0 unspecified atom stereocenters. The second kappa shape index (κ2) is 6.11. The Morgan fingerprint density at radius 1 is 1.50 bits per heavy atom. The van der Waals surface area contributed by atoms with E-state index in [1.165, 1.54) is 0 Å². The topological polar surface area (TPSA) is 132 Å². The van der Waals surface area contributed by atoms with Crippen LogP contribution in [0.5, 0.6) is 0 Å². The Morgan fingerprint density at radius 2 is 2.30 bits per heavy atom. The van der Waals surface area contributed by atoms with Crippen LogP contribution in [0.1, 0.15) is 17.7 Å². The standard InChI is InChI=1S/C10H17N7O2S/c1-8-9(7-11)10(15-14-8)20(18,19)13-3-2-5-17-6-4-12-16-17/h4,6,13H,2-3,5,7,11H2,1H3,(H,14,15). The molecular weight excluding hydrogens is 282 g/mol. The summed E-state index contributed by atoms with van der Waals surface area (Å²) in [6.07, 6.45) is 3.90. The Balaban J connectivity index is 1.93. The van der Waals surface area contributed by atoms with E-state index in [0.29, 0.717) is 24.2 Å². The van der Waals surface area contributed by atoms with Crippen LogP contribution in [0.3, 0.4) is 0 Å². The van der Waals surface area contributed by atoms with Gasteiger partial charge in [0.2, 0.25) is 0 Å². The average Bonchev–Trinajstić information content (AvgIpc) is 3.04. The number of rotatable bonds is 7. The van der Waals surface area contributed by atoms with Crippen LogP contribution in [0.25, 0.3) is 0 Å². The zero-order valence-electron chi connectivity index (χ0n) is 11.1. The molecule has 2 rings (SSSR count). The largest absolute Gasteiger partial charge is 0.326 e. The molecule has 2 aromatic rings. The van der Waals surface area contributed by atoms with E-state index in [-0.39, 0.29) is 18.1 Å². The number of nitrogens with zero attached hydrogens (tertiary/aromatic N) is 4. The van der Waals surface area contributed by atoms with Gasteiger partial charge in [-0.1, -0.05) is 5.21 Å². The molecule has 2 heterocycles. The van der Waals surface area contributed by atoms with Crippen LogP contribution in [0.4, 0.5) is 0 Å². The molecule has 0 saturated heterocycles. The van der Waals surface area contributed by atoms with Crippen LogP contribution in [0.2, 0.25) is 0 Å². The van der Waals surface area contributed by atoms with E-state index in [2.05, 4.69) is 25.2 Å². The molecule has 2 aromatic heterocycles. The molecule has 10 heteroatoms. The molecule has 20 heavy (non-hydrogen) atoms. The summed E-state index contributed by atoms with van der Waals surface area (Å²) in [6, 6.07) is 0. The molecule has 9 nitrogen and oxygen atoms in total. The van der Waals surface area contributed by atoms with Gasteiger partial charge >= 0.3 is 0 Å². The number of sulfonamides is 1. The molecule has 0 fully saturated rings. The predicted octanol–water partition coefficient (Wildman–Crippen LogP) is -0.863. The summed E-state index contributed by atoms with van der Waals surface area (Å²) >= 11 is 0. The minimum Gasteiger partial charge on any atom is -0.326 e. The van der Waals surface area contributed by atoms with Crippen molar-refractivity contribution in [2.75, 3.05) is 6.54 Å². The second-order valence-corrected chi connectivity index (χ2v) is 5.94. The Labute approximate surface area is 116 Å². The lowest BCUT2D eigenvalue weighted by molar-refractivity contribution is 0.540. The van der Waals surface area contributed by atoms with E-state index in [9.17, 15) is 8.42 Å². The maximum Gasteiger partial charge on any atom is 0.260 e. The van der Waals surface area contributed by atoms with Crippen molar-refractivity contribution < 1.29 is 8.42 Å². The number of nitrogens with one attached hydrogen (secondary N) is 2. The number of H-pyrrole nitrogens is 1. The van der Waals surface area contributed by atoms with Gasteiger partial charge in [-0.3, -0.25) is 9.78 Å². The van der Waals surface area contributed by atoms with Crippen molar-refractivity contribution in [3.05, 3.63) is 23.7 Å². The van der Waals surface area contributed by atoms with Gasteiger partial charge in [0.15, 0.2) is 5.03 Å². The number of aromatic amines is 1. The van der Waals surface area contributed by atoms with Crippen molar-refractivity contribution >= 4 is 10.0 Å². The zero-order chi connectivity index (χ0) is 14.6. The number of hydrogen-bond acceptors (Lipinski definition) is 6. The fraction of sp³-hybridized carbons (Fsp3) is 0.500. The van der Waals surface area contributed by atoms with E-state index in [0.717, 1.165) is 0 Å². The van der Waals surface area contributed by atoms with Crippen molar-refractivity contribution in [1.29, 1.82) is 0 Å². The molecule has 4 N–H and O–H groups in total. The normalized spacial score (nSPS) is 11.9. The van der Waals surface area contributed by atoms with Gasteiger partial charge in [-0.25, -0.2) is 13.1 Å². The highest BCUT2D eigenvalue weighted by Crippen LogP contribution is 2.14. The summed E-state index contributed by atoms with van der Waals surface area (Å²) in [6.45, 7) is 2.74. The maximum absolute atomic E-state index is 12.1. The van der Waals surface area contributed by atoms with Crippen molar-refractivity contribution in [2.24, 2.45) is 5.73 Å². The molecule has 0 aliphatic rings. The van der Waals surface area contributed by atoms with E-state index in [4.69, 9.17) is 5.73 Å². The summed E-state index contributed by atoms with van der Waals surface area (Å²) < 4.78 is 28.3. The zero-order valence-corrected chi connectivity index (χ0v) is 11.9. The lowest BCUT2D eigenvalue weighted by Gasteiger charge is -2.06. The molecule has 110 valence electrons. The average molecular weight is 299 g/mol. The fourth-order valence-electron chi connectivity index (χ4n) is 1.76. The van der Waals surface area contributed by atoms with E-state index in [1.54, 1.807) is 24.0 Å². The third-order valence-electron chi connectivity index (χ3n) is 2.82. The van der Waals surface area contributed by atoms with Crippen LogP contribution >= 0.6 is 0 Å². The van der Waals surface area contributed by atoms with Crippen LogP contribution in [-0.2, 0) is 23.1 Å². The number of hydrogen-bond donors (Lipinski definition) is 3. The first-order valence-corrected chi connectivity index (χ1v) is 7.60. The molecule has 0 amide bonds. The first-order chi connectivity index (χ1) is 9.54. The van der Waals surface area contributed by atoms with Gasteiger partial charge in [0.25, 0.3) is 10.0 Å². The number of nitrogens with two attached hydrogens (primary N) is 1. The SMILES string of the molecule is Cc1[nH]nc(S(=O)(=O)NCCCn2ccnn2)c1CN. The second-order valence-electron chi connectivity index (χ2n) is 4.25. The summed E-state index contributed by atoms with van der Waals surface area (Å²) in [5, 5.41) is 13.9. The maximum atomic E-state index is 12.1. The minimum atomic E-state index is -3.64. The molecule has 0 aromatic carbocycles. The van der Waals surface area contributed by atoms with Crippen LogP contribution in [0.15, 0.2) is 17.4 Å². The predicted molar refractivity (Wildman–Crippen MR) is 71.0 cm³/mol. The van der Waals surface area contributed by atoms with Crippen molar-refractivity contribution in [2.45, 2.75) is 31.5 Å². The molecule has 0 bridgehead atoms. The third kappa shape index (κ3) is 3.21. The van der Waals surface area contributed by atoms with E-state index >= 15 is 0 Å². The first-order valence-electron chi connectivity index (χ1n) is 6.12.